The number of nitrogens with zero attached hydrogens (tertiary/aromatic N) is 2. The van der Waals surface area contributed by atoms with E-state index in [0.29, 0.717) is 5.92 Å². The molecule has 1 fully saturated rings. The minimum Gasteiger partial charge on any atom is -0.323 e. The maximum atomic E-state index is 4.85. The van der Waals surface area contributed by atoms with Gasteiger partial charge >= 0.3 is 0 Å². The molecule has 0 spiro atoms. The standard InChI is InChI=1S/C12H18BrN3/c13-12-11(9-4-3-6-14-8-9)15-10-5-1-2-7-16(10)12/h9,14H,1-8H2. The molecule has 0 bridgehead atoms. The lowest BCUT2D eigenvalue weighted by atomic mass is 9.97. The largest absolute Gasteiger partial charge is 0.323 e. The van der Waals surface area contributed by atoms with Crippen molar-refractivity contribution < 1.29 is 0 Å². The Morgan fingerprint density at radius 3 is 3.00 bits per heavy atom. The van der Waals surface area contributed by atoms with Crippen molar-refractivity contribution in [3.63, 3.8) is 0 Å². The minimum atomic E-state index is 0.612. The van der Waals surface area contributed by atoms with Gasteiger partial charge in [-0.25, -0.2) is 4.98 Å². The molecule has 2 aliphatic heterocycles. The van der Waals surface area contributed by atoms with E-state index in [1.54, 1.807) is 0 Å². The number of imidazole rings is 1. The second-order valence-electron chi connectivity index (χ2n) is 4.86. The third kappa shape index (κ3) is 1.82. The monoisotopic (exact) mass is 283 g/mol. The Morgan fingerprint density at radius 2 is 2.25 bits per heavy atom. The Labute approximate surface area is 105 Å². The van der Waals surface area contributed by atoms with Crippen LogP contribution in [0.2, 0.25) is 0 Å². The summed E-state index contributed by atoms with van der Waals surface area (Å²) in [6, 6.07) is 0. The van der Waals surface area contributed by atoms with Crippen molar-refractivity contribution in [3.05, 3.63) is 16.1 Å². The molecule has 4 heteroatoms. The molecule has 0 saturated carbocycles. The van der Waals surface area contributed by atoms with Crippen molar-refractivity contribution in [2.24, 2.45) is 0 Å². The third-order valence-electron chi connectivity index (χ3n) is 3.73. The molecule has 1 aromatic rings. The average Bonchev–Trinajstić information content (AvgIpc) is 2.69. The summed E-state index contributed by atoms with van der Waals surface area (Å²) < 4.78 is 3.61. The summed E-state index contributed by atoms with van der Waals surface area (Å²) in [6.45, 7) is 3.40. The van der Waals surface area contributed by atoms with E-state index in [-0.39, 0.29) is 0 Å². The predicted molar refractivity (Wildman–Crippen MR) is 67.7 cm³/mol. The molecule has 0 radical (unpaired) electrons. The molecule has 88 valence electrons. The van der Waals surface area contributed by atoms with E-state index in [1.807, 2.05) is 0 Å². The first-order valence-corrected chi connectivity index (χ1v) is 7.11. The van der Waals surface area contributed by atoms with E-state index in [4.69, 9.17) is 4.98 Å². The molecule has 3 heterocycles. The fraction of sp³-hybridized carbons (Fsp3) is 0.750. The molecule has 0 amide bonds. The van der Waals surface area contributed by atoms with E-state index >= 15 is 0 Å². The molecule has 3 nitrogen and oxygen atoms in total. The van der Waals surface area contributed by atoms with Crippen LogP contribution in [0, 0.1) is 0 Å². The summed E-state index contributed by atoms with van der Waals surface area (Å²) >= 11 is 3.75. The first kappa shape index (κ1) is 10.8. The summed E-state index contributed by atoms with van der Waals surface area (Å²) in [5.41, 5.74) is 1.30. The predicted octanol–water partition coefficient (Wildman–Crippen LogP) is 2.45. The number of aromatic nitrogens is 2. The van der Waals surface area contributed by atoms with Crippen LogP contribution in [0.4, 0.5) is 0 Å². The van der Waals surface area contributed by atoms with Crippen molar-refractivity contribution >= 4 is 15.9 Å². The molecule has 0 aromatic carbocycles. The second kappa shape index (κ2) is 4.49. The first-order chi connectivity index (χ1) is 7.86. The smallest absolute Gasteiger partial charge is 0.109 e. The third-order valence-corrected chi connectivity index (χ3v) is 4.56. The Bertz CT molecular complexity index is 380. The molecule has 1 aromatic heterocycles. The van der Waals surface area contributed by atoms with Crippen LogP contribution >= 0.6 is 15.9 Å². The van der Waals surface area contributed by atoms with Gasteiger partial charge in [-0.1, -0.05) is 0 Å². The number of halogens is 1. The van der Waals surface area contributed by atoms with Gasteiger partial charge in [0.25, 0.3) is 0 Å². The van der Waals surface area contributed by atoms with Crippen LogP contribution in [0.5, 0.6) is 0 Å². The summed E-state index contributed by atoms with van der Waals surface area (Å²) in [5.74, 6) is 1.90. The minimum absolute atomic E-state index is 0.612. The van der Waals surface area contributed by atoms with Gasteiger partial charge in [0.05, 0.1) is 5.69 Å². The lowest BCUT2D eigenvalue weighted by Gasteiger charge is -2.21. The van der Waals surface area contributed by atoms with Crippen molar-refractivity contribution in [2.75, 3.05) is 13.1 Å². The van der Waals surface area contributed by atoms with Gasteiger partial charge in [0, 0.05) is 25.4 Å². The average molecular weight is 284 g/mol. The highest BCUT2D eigenvalue weighted by molar-refractivity contribution is 9.10. The van der Waals surface area contributed by atoms with Crippen molar-refractivity contribution in [3.8, 4) is 0 Å². The number of hydrogen-bond acceptors (Lipinski definition) is 2. The highest BCUT2D eigenvalue weighted by Gasteiger charge is 2.24. The van der Waals surface area contributed by atoms with Gasteiger partial charge in [0.2, 0.25) is 0 Å². The number of fused-ring (bicyclic) bond motifs is 1. The Morgan fingerprint density at radius 1 is 1.31 bits per heavy atom. The van der Waals surface area contributed by atoms with E-state index in [1.165, 1.54) is 48.3 Å². The molecule has 0 aliphatic carbocycles. The van der Waals surface area contributed by atoms with Crippen LogP contribution in [0.15, 0.2) is 4.60 Å². The zero-order valence-electron chi connectivity index (χ0n) is 9.51. The van der Waals surface area contributed by atoms with Gasteiger partial charge in [-0.05, 0) is 48.2 Å². The maximum Gasteiger partial charge on any atom is 0.109 e. The number of rotatable bonds is 1. The summed E-state index contributed by atoms with van der Waals surface area (Å²) in [6.07, 6.45) is 6.30. The van der Waals surface area contributed by atoms with Gasteiger partial charge in [-0.2, -0.15) is 0 Å². The highest BCUT2D eigenvalue weighted by Crippen LogP contribution is 2.32. The zero-order valence-corrected chi connectivity index (χ0v) is 11.1. The highest BCUT2D eigenvalue weighted by atomic mass is 79.9. The maximum absolute atomic E-state index is 4.85. The molecule has 3 rings (SSSR count). The molecule has 1 unspecified atom stereocenters. The fourth-order valence-electron chi connectivity index (χ4n) is 2.81. The first-order valence-electron chi connectivity index (χ1n) is 6.32. The Balaban J connectivity index is 1.91. The Hall–Kier alpha value is -0.350. The fourth-order valence-corrected chi connectivity index (χ4v) is 3.61. The quantitative estimate of drug-likeness (QED) is 0.858. The molecule has 2 aliphatic rings. The lowest BCUT2D eigenvalue weighted by molar-refractivity contribution is 0.454. The van der Waals surface area contributed by atoms with Gasteiger partial charge in [0.15, 0.2) is 0 Å². The molecular formula is C12H18BrN3. The van der Waals surface area contributed by atoms with Crippen LogP contribution in [0.25, 0.3) is 0 Å². The Kier molecular flexibility index (Phi) is 3.03. The van der Waals surface area contributed by atoms with Gasteiger partial charge in [-0.15, -0.1) is 0 Å². The molecule has 1 N–H and O–H groups in total. The number of aryl methyl sites for hydroxylation is 1. The van der Waals surface area contributed by atoms with Crippen molar-refractivity contribution in [2.45, 2.75) is 44.6 Å². The van der Waals surface area contributed by atoms with Crippen LogP contribution in [0.3, 0.4) is 0 Å². The number of piperidine rings is 1. The lowest BCUT2D eigenvalue weighted by Crippen LogP contribution is -2.28. The van der Waals surface area contributed by atoms with E-state index in [2.05, 4.69) is 25.8 Å². The summed E-state index contributed by atoms with van der Waals surface area (Å²) in [7, 11) is 0. The van der Waals surface area contributed by atoms with Crippen molar-refractivity contribution in [1.82, 2.24) is 14.9 Å². The second-order valence-corrected chi connectivity index (χ2v) is 5.61. The van der Waals surface area contributed by atoms with Crippen LogP contribution < -0.4 is 5.32 Å². The SMILES string of the molecule is Brc1c(C2CCCNC2)nc2n1CCCC2. The number of nitrogens with one attached hydrogen (secondary N) is 1. The van der Waals surface area contributed by atoms with Crippen LogP contribution in [-0.2, 0) is 13.0 Å². The number of hydrogen-bond donors (Lipinski definition) is 1. The summed E-state index contributed by atoms with van der Waals surface area (Å²) in [4.78, 5) is 4.85. The van der Waals surface area contributed by atoms with Gasteiger partial charge in [-0.3, -0.25) is 0 Å². The molecule has 1 saturated heterocycles. The molecule has 16 heavy (non-hydrogen) atoms. The summed E-state index contributed by atoms with van der Waals surface area (Å²) in [5, 5.41) is 3.47. The van der Waals surface area contributed by atoms with E-state index < -0.39 is 0 Å². The van der Waals surface area contributed by atoms with Crippen molar-refractivity contribution in [1.29, 1.82) is 0 Å². The van der Waals surface area contributed by atoms with Gasteiger partial charge in [0.1, 0.15) is 10.4 Å². The topological polar surface area (TPSA) is 29.9 Å². The normalized spacial score (nSPS) is 25.4. The van der Waals surface area contributed by atoms with Crippen LogP contribution in [-0.4, -0.2) is 22.6 Å². The van der Waals surface area contributed by atoms with E-state index in [9.17, 15) is 0 Å². The van der Waals surface area contributed by atoms with E-state index in [0.717, 1.165) is 19.5 Å². The zero-order chi connectivity index (χ0) is 11.0. The van der Waals surface area contributed by atoms with Crippen LogP contribution in [0.1, 0.15) is 43.1 Å². The van der Waals surface area contributed by atoms with Gasteiger partial charge < -0.3 is 9.88 Å². The molecule has 1 atom stereocenters. The molecular weight excluding hydrogens is 266 g/mol.